The monoisotopic (exact) mass is 454 g/mol. The van der Waals surface area contributed by atoms with Crippen molar-refractivity contribution in [1.82, 2.24) is 15.6 Å². The average Bonchev–Trinajstić information content (AvgIpc) is 2.89. The molecule has 0 aliphatic carbocycles. The first-order chi connectivity index (χ1) is 16.6. The Hall–Kier alpha value is -4.72. The quantitative estimate of drug-likeness (QED) is 0.326. The molecule has 34 heavy (non-hydrogen) atoms. The number of nitrogens with zero attached hydrogens (tertiary/aromatic N) is 2. The second-order valence-electron chi connectivity index (χ2n) is 7.20. The lowest BCUT2D eigenvalue weighted by molar-refractivity contribution is 0.0954. The van der Waals surface area contributed by atoms with Crippen LogP contribution in [-0.2, 0) is 0 Å². The zero-order valence-electron chi connectivity index (χ0n) is 18.6. The predicted molar refractivity (Wildman–Crippen MR) is 130 cm³/mol. The first-order valence-corrected chi connectivity index (χ1v) is 10.4. The number of amides is 1. The van der Waals surface area contributed by atoms with E-state index in [1.54, 1.807) is 25.3 Å². The van der Waals surface area contributed by atoms with Crippen LogP contribution in [0.4, 0.5) is 0 Å². The highest BCUT2D eigenvalue weighted by molar-refractivity contribution is 6.03. The van der Waals surface area contributed by atoms with Crippen molar-refractivity contribution in [3.63, 3.8) is 0 Å². The number of ether oxygens (including phenoxy) is 2. The summed E-state index contributed by atoms with van der Waals surface area (Å²) in [5, 5.41) is 10.7. The van der Waals surface area contributed by atoms with Crippen LogP contribution in [0.25, 0.3) is 22.4 Å². The van der Waals surface area contributed by atoms with Gasteiger partial charge in [0.25, 0.3) is 11.5 Å². The van der Waals surface area contributed by atoms with Gasteiger partial charge >= 0.3 is 0 Å². The maximum Gasteiger partial charge on any atom is 0.277 e. The number of aromatic amines is 1. The Kier molecular flexibility index (Phi) is 6.78. The summed E-state index contributed by atoms with van der Waals surface area (Å²) >= 11 is 0. The molecule has 0 radical (unpaired) electrons. The van der Waals surface area contributed by atoms with E-state index in [9.17, 15) is 9.59 Å². The summed E-state index contributed by atoms with van der Waals surface area (Å²) in [6.07, 6.45) is 1.45. The van der Waals surface area contributed by atoms with E-state index in [4.69, 9.17) is 9.47 Å². The number of carbonyl (C=O) groups is 1. The second kappa shape index (κ2) is 10.3. The molecule has 0 spiro atoms. The van der Waals surface area contributed by atoms with Crippen LogP contribution in [0, 0.1) is 0 Å². The van der Waals surface area contributed by atoms with Gasteiger partial charge in [0.1, 0.15) is 5.56 Å². The number of benzene rings is 3. The van der Waals surface area contributed by atoms with Crippen LogP contribution in [0.15, 0.2) is 88.8 Å². The van der Waals surface area contributed by atoms with Crippen molar-refractivity contribution in [3.8, 4) is 33.9 Å². The molecule has 0 fully saturated rings. The first-order valence-electron chi connectivity index (χ1n) is 10.4. The fourth-order valence-corrected chi connectivity index (χ4v) is 3.51. The number of carbonyl (C=O) groups excluding carboxylic acids is 1. The van der Waals surface area contributed by atoms with Gasteiger partial charge in [0.2, 0.25) is 0 Å². The Morgan fingerprint density at radius 2 is 1.56 bits per heavy atom. The molecule has 4 aromatic rings. The maximum absolute atomic E-state index is 13.1. The van der Waals surface area contributed by atoms with Crippen LogP contribution in [0.5, 0.6) is 11.5 Å². The van der Waals surface area contributed by atoms with Gasteiger partial charge in [-0.15, -0.1) is 0 Å². The van der Waals surface area contributed by atoms with Crippen LogP contribution in [0.1, 0.15) is 15.9 Å². The van der Waals surface area contributed by atoms with Crippen molar-refractivity contribution in [2.45, 2.75) is 0 Å². The van der Waals surface area contributed by atoms with Gasteiger partial charge in [0.15, 0.2) is 11.5 Å². The van der Waals surface area contributed by atoms with Gasteiger partial charge in [-0.1, -0.05) is 60.7 Å². The zero-order chi connectivity index (χ0) is 23.9. The second-order valence-corrected chi connectivity index (χ2v) is 7.20. The SMILES string of the molecule is COc1ccc(C=NNC(=O)c2c(-c3ccccc3)c(-c3ccccc3)n[nH]c2=O)cc1OC. The van der Waals surface area contributed by atoms with Crippen LogP contribution in [0.3, 0.4) is 0 Å². The lowest BCUT2D eigenvalue weighted by Gasteiger charge is -2.13. The Bertz CT molecular complexity index is 1380. The van der Waals surface area contributed by atoms with E-state index in [1.165, 1.54) is 13.3 Å². The van der Waals surface area contributed by atoms with E-state index in [2.05, 4.69) is 20.7 Å². The van der Waals surface area contributed by atoms with E-state index >= 15 is 0 Å². The van der Waals surface area contributed by atoms with E-state index in [0.717, 1.165) is 5.56 Å². The van der Waals surface area contributed by atoms with Crippen LogP contribution < -0.4 is 20.5 Å². The molecule has 1 aromatic heterocycles. The van der Waals surface area contributed by atoms with Gasteiger partial charge < -0.3 is 9.47 Å². The van der Waals surface area contributed by atoms with Gasteiger partial charge in [0, 0.05) is 11.1 Å². The molecule has 4 rings (SSSR count). The Labute approximate surface area is 195 Å². The number of aromatic nitrogens is 2. The summed E-state index contributed by atoms with van der Waals surface area (Å²) in [7, 11) is 3.08. The lowest BCUT2D eigenvalue weighted by atomic mass is 9.95. The van der Waals surface area contributed by atoms with E-state index in [0.29, 0.717) is 33.9 Å². The van der Waals surface area contributed by atoms with Gasteiger partial charge in [-0.25, -0.2) is 10.5 Å². The largest absolute Gasteiger partial charge is 0.493 e. The van der Waals surface area contributed by atoms with Gasteiger partial charge in [-0.3, -0.25) is 9.59 Å². The van der Waals surface area contributed by atoms with Crippen molar-refractivity contribution >= 4 is 12.1 Å². The minimum absolute atomic E-state index is 0.0792. The highest BCUT2D eigenvalue weighted by Gasteiger charge is 2.22. The molecule has 8 heteroatoms. The molecular weight excluding hydrogens is 432 g/mol. The third-order valence-corrected chi connectivity index (χ3v) is 5.11. The smallest absolute Gasteiger partial charge is 0.277 e. The molecule has 0 aliphatic heterocycles. The summed E-state index contributed by atoms with van der Waals surface area (Å²) in [4.78, 5) is 25.9. The van der Waals surface area contributed by atoms with Crippen molar-refractivity contribution < 1.29 is 14.3 Å². The summed E-state index contributed by atoms with van der Waals surface area (Å²) in [5.74, 6) is 0.451. The molecular formula is C26H22N4O4. The molecule has 0 bridgehead atoms. The molecule has 3 aromatic carbocycles. The minimum Gasteiger partial charge on any atom is -0.493 e. The normalized spacial score (nSPS) is 10.8. The number of rotatable bonds is 7. The third kappa shape index (κ3) is 4.71. The first kappa shape index (κ1) is 22.5. The number of methoxy groups -OCH3 is 2. The lowest BCUT2D eigenvalue weighted by Crippen LogP contribution is -2.28. The predicted octanol–water partition coefficient (Wildman–Crippen LogP) is 3.89. The van der Waals surface area contributed by atoms with E-state index in [1.807, 2.05) is 60.7 Å². The number of nitrogens with one attached hydrogen (secondary N) is 2. The van der Waals surface area contributed by atoms with Gasteiger partial charge in [-0.2, -0.15) is 10.2 Å². The molecule has 8 nitrogen and oxygen atoms in total. The highest BCUT2D eigenvalue weighted by atomic mass is 16.5. The van der Waals surface area contributed by atoms with Crippen LogP contribution in [-0.4, -0.2) is 36.5 Å². The number of hydrogen-bond donors (Lipinski definition) is 2. The Morgan fingerprint density at radius 1 is 0.912 bits per heavy atom. The van der Waals surface area contributed by atoms with Crippen molar-refractivity contribution in [2.24, 2.45) is 5.10 Å². The molecule has 0 atom stereocenters. The standard InChI is InChI=1S/C26H22N4O4/c1-33-20-14-13-17(15-21(20)34-2)16-27-29-25(31)23-22(18-9-5-3-6-10-18)24(28-30-26(23)32)19-11-7-4-8-12-19/h3-16H,1-2H3,(H,29,31)(H,30,32). The van der Waals surface area contributed by atoms with Crippen molar-refractivity contribution in [1.29, 1.82) is 0 Å². The van der Waals surface area contributed by atoms with Gasteiger partial charge in [0.05, 0.1) is 26.1 Å². The summed E-state index contributed by atoms with van der Waals surface area (Å²) in [6.45, 7) is 0. The zero-order valence-corrected chi connectivity index (χ0v) is 18.6. The summed E-state index contributed by atoms with van der Waals surface area (Å²) < 4.78 is 10.5. The highest BCUT2D eigenvalue weighted by Crippen LogP contribution is 2.31. The number of H-pyrrole nitrogens is 1. The minimum atomic E-state index is -0.656. The number of hydrogen-bond acceptors (Lipinski definition) is 6. The molecule has 0 unspecified atom stereocenters. The fourth-order valence-electron chi connectivity index (χ4n) is 3.51. The van der Waals surface area contributed by atoms with Crippen molar-refractivity contribution in [2.75, 3.05) is 14.2 Å². The van der Waals surface area contributed by atoms with Crippen LogP contribution in [0.2, 0.25) is 0 Å². The Morgan fingerprint density at radius 3 is 2.21 bits per heavy atom. The summed E-state index contributed by atoms with van der Waals surface area (Å²) in [6, 6.07) is 23.7. The van der Waals surface area contributed by atoms with E-state index < -0.39 is 11.5 Å². The molecule has 1 heterocycles. The fraction of sp³-hybridized carbons (Fsp3) is 0.0769. The molecule has 0 saturated heterocycles. The molecule has 2 N–H and O–H groups in total. The van der Waals surface area contributed by atoms with Crippen LogP contribution >= 0.6 is 0 Å². The topological polar surface area (TPSA) is 106 Å². The molecule has 0 aliphatic rings. The average molecular weight is 454 g/mol. The number of hydrazone groups is 1. The van der Waals surface area contributed by atoms with Gasteiger partial charge in [-0.05, 0) is 29.3 Å². The molecule has 0 saturated carbocycles. The maximum atomic E-state index is 13.1. The van der Waals surface area contributed by atoms with E-state index in [-0.39, 0.29) is 5.56 Å². The third-order valence-electron chi connectivity index (χ3n) is 5.11. The van der Waals surface area contributed by atoms with Crippen molar-refractivity contribution in [3.05, 3.63) is 100 Å². The molecule has 170 valence electrons. The molecule has 1 amide bonds. The Balaban J connectivity index is 1.72. The summed E-state index contributed by atoms with van der Waals surface area (Å²) in [5.41, 5.74) is 4.80.